The number of carbonyl (C=O) groups excluding carboxylic acids is 2. The Morgan fingerprint density at radius 2 is 1.74 bits per heavy atom. The Hall–Kier alpha value is -1.30. The minimum atomic E-state index is -0.502. The Labute approximate surface area is 115 Å². The van der Waals surface area contributed by atoms with Gasteiger partial charge in [0.1, 0.15) is 0 Å². The summed E-state index contributed by atoms with van der Waals surface area (Å²) in [5.41, 5.74) is 5.77. The third-order valence-corrected chi connectivity index (χ3v) is 2.80. The molecule has 0 aliphatic heterocycles. The van der Waals surface area contributed by atoms with Crippen molar-refractivity contribution in [3.8, 4) is 0 Å². The fourth-order valence-corrected chi connectivity index (χ4v) is 1.27. The molecule has 0 aliphatic carbocycles. The van der Waals surface area contributed by atoms with Crippen molar-refractivity contribution >= 4 is 12.0 Å². The number of nitrogens with one attached hydrogen (secondary N) is 2. The maximum atomic E-state index is 11.6. The molecule has 0 aromatic heterocycles. The van der Waals surface area contributed by atoms with Crippen LogP contribution in [0.1, 0.15) is 34.1 Å². The van der Waals surface area contributed by atoms with E-state index in [0.717, 1.165) is 6.42 Å². The van der Waals surface area contributed by atoms with Gasteiger partial charge in [0.25, 0.3) is 0 Å². The third-order valence-electron chi connectivity index (χ3n) is 2.80. The standard InChI is InChI=1S/C13H27N3O3/c1-5-10(4)11(14)12(17)15-6-7-16-13(18)19-8-9(2)3/h9-11H,5-8,14H2,1-4H3,(H,15,17)(H,16,18)/t10-,11-/m0/s1. The molecule has 2 amide bonds. The van der Waals surface area contributed by atoms with E-state index in [1.165, 1.54) is 0 Å². The highest BCUT2D eigenvalue weighted by molar-refractivity contribution is 5.81. The van der Waals surface area contributed by atoms with Gasteiger partial charge in [0.15, 0.2) is 0 Å². The topological polar surface area (TPSA) is 93.5 Å². The van der Waals surface area contributed by atoms with Crippen molar-refractivity contribution in [3.05, 3.63) is 0 Å². The lowest BCUT2D eigenvalue weighted by atomic mass is 9.99. The largest absolute Gasteiger partial charge is 0.449 e. The van der Waals surface area contributed by atoms with Crippen molar-refractivity contribution in [2.45, 2.75) is 40.2 Å². The van der Waals surface area contributed by atoms with Gasteiger partial charge >= 0.3 is 6.09 Å². The fraction of sp³-hybridized carbons (Fsp3) is 0.846. The molecule has 4 N–H and O–H groups in total. The Morgan fingerprint density at radius 1 is 1.16 bits per heavy atom. The van der Waals surface area contributed by atoms with Gasteiger partial charge < -0.3 is 21.1 Å². The second-order valence-corrected chi connectivity index (χ2v) is 5.12. The summed E-state index contributed by atoms with van der Waals surface area (Å²) in [6, 6.07) is -0.502. The van der Waals surface area contributed by atoms with Crippen LogP contribution in [0.4, 0.5) is 4.79 Å². The molecule has 0 aromatic carbocycles. The zero-order valence-electron chi connectivity index (χ0n) is 12.4. The number of ether oxygens (including phenoxy) is 1. The van der Waals surface area contributed by atoms with Crippen LogP contribution in [0.2, 0.25) is 0 Å². The first-order valence-electron chi connectivity index (χ1n) is 6.82. The Bertz CT molecular complexity index is 282. The van der Waals surface area contributed by atoms with Crippen LogP contribution in [0.15, 0.2) is 0 Å². The fourth-order valence-electron chi connectivity index (χ4n) is 1.27. The second-order valence-electron chi connectivity index (χ2n) is 5.12. The quantitative estimate of drug-likeness (QED) is 0.572. The predicted molar refractivity (Wildman–Crippen MR) is 74.6 cm³/mol. The molecule has 0 bridgehead atoms. The van der Waals surface area contributed by atoms with Crippen molar-refractivity contribution < 1.29 is 14.3 Å². The van der Waals surface area contributed by atoms with Gasteiger partial charge in [-0.25, -0.2) is 4.79 Å². The number of hydrogen-bond acceptors (Lipinski definition) is 4. The van der Waals surface area contributed by atoms with E-state index in [1.54, 1.807) is 0 Å². The Morgan fingerprint density at radius 3 is 2.26 bits per heavy atom. The maximum Gasteiger partial charge on any atom is 0.407 e. The molecule has 2 atom stereocenters. The zero-order chi connectivity index (χ0) is 14.8. The Kier molecular flexibility index (Phi) is 8.95. The van der Waals surface area contributed by atoms with Gasteiger partial charge in [-0.1, -0.05) is 34.1 Å². The molecule has 6 heteroatoms. The predicted octanol–water partition coefficient (Wildman–Crippen LogP) is 0.858. The molecule has 0 fully saturated rings. The normalized spacial score (nSPS) is 13.8. The number of nitrogens with two attached hydrogens (primary N) is 1. The minimum absolute atomic E-state index is 0.143. The summed E-state index contributed by atoms with van der Waals surface area (Å²) in [6.45, 7) is 8.91. The van der Waals surface area contributed by atoms with Crippen LogP contribution in [0.3, 0.4) is 0 Å². The van der Waals surface area contributed by atoms with Crippen molar-refractivity contribution in [1.29, 1.82) is 0 Å². The minimum Gasteiger partial charge on any atom is -0.449 e. The summed E-state index contributed by atoms with van der Waals surface area (Å²) in [7, 11) is 0. The lowest BCUT2D eigenvalue weighted by Crippen LogP contribution is -2.46. The van der Waals surface area contributed by atoms with Crippen molar-refractivity contribution in [2.24, 2.45) is 17.6 Å². The van der Waals surface area contributed by atoms with E-state index in [9.17, 15) is 9.59 Å². The molecule has 0 spiro atoms. The SMILES string of the molecule is CC[C@H](C)[C@H](N)C(=O)NCCNC(=O)OCC(C)C. The summed E-state index contributed by atoms with van der Waals surface area (Å²) in [5, 5.41) is 5.24. The van der Waals surface area contributed by atoms with Crippen LogP contribution < -0.4 is 16.4 Å². The second kappa shape index (κ2) is 9.61. The van der Waals surface area contributed by atoms with Gasteiger partial charge in [0.2, 0.25) is 5.91 Å². The maximum absolute atomic E-state index is 11.6. The van der Waals surface area contributed by atoms with Crippen LogP contribution >= 0.6 is 0 Å². The molecule has 112 valence electrons. The number of hydrogen-bond donors (Lipinski definition) is 3. The molecule has 0 rings (SSSR count). The molecule has 0 saturated carbocycles. The molecule has 0 heterocycles. The highest BCUT2D eigenvalue weighted by Gasteiger charge is 2.18. The van der Waals surface area contributed by atoms with Crippen LogP contribution in [0.5, 0.6) is 0 Å². The Balaban J connectivity index is 3.69. The molecule has 0 radical (unpaired) electrons. The highest BCUT2D eigenvalue weighted by atomic mass is 16.5. The van der Waals surface area contributed by atoms with Crippen LogP contribution in [-0.2, 0) is 9.53 Å². The summed E-state index contributed by atoms with van der Waals surface area (Å²) in [6.07, 6.45) is 0.392. The average molecular weight is 273 g/mol. The highest BCUT2D eigenvalue weighted by Crippen LogP contribution is 2.04. The van der Waals surface area contributed by atoms with Gasteiger partial charge in [0, 0.05) is 13.1 Å². The molecular formula is C13H27N3O3. The third kappa shape index (κ3) is 8.42. The smallest absolute Gasteiger partial charge is 0.407 e. The number of rotatable bonds is 8. The first-order valence-corrected chi connectivity index (χ1v) is 6.82. The molecule has 0 aliphatic rings. The molecule has 6 nitrogen and oxygen atoms in total. The lowest BCUT2D eigenvalue weighted by Gasteiger charge is -2.17. The molecule has 0 saturated heterocycles. The average Bonchev–Trinajstić information content (AvgIpc) is 2.39. The van der Waals surface area contributed by atoms with E-state index >= 15 is 0 Å². The van der Waals surface area contributed by atoms with Crippen LogP contribution in [-0.4, -0.2) is 37.7 Å². The van der Waals surface area contributed by atoms with E-state index in [2.05, 4.69) is 10.6 Å². The number of alkyl carbamates (subject to hydrolysis) is 1. The van der Waals surface area contributed by atoms with Gasteiger partial charge in [0.05, 0.1) is 12.6 Å². The van der Waals surface area contributed by atoms with Crippen molar-refractivity contribution in [3.63, 3.8) is 0 Å². The lowest BCUT2D eigenvalue weighted by molar-refractivity contribution is -0.123. The monoisotopic (exact) mass is 273 g/mol. The van der Waals surface area contributed by atoms with E-state index < -0.39 is 12.1 Å². The van der Waals surface area contributed by atoms with Crippen molar-refractivity contribution in [1.82, 2.24) is 10.6 Å². The van der Waals surface area contributed by atoms with Gasteiger partial charge in [-0.2, -0.15) is 0 Å². The first-order chi connectivity index (χ1) is 8.88. The summed E-state index contributed by atoms with van der Waals surface area (Å²) >= 11 is 0. The number of carbonyl (C=O) groups is 2. The summed E-state index contributed by atoms with van der Waals surface area (Å²) in [4.78, 5) is 22.8. The molecular weight excluding hydrogens is 246 g/mol. The van der Waals surface area contributed by atoms with Crippen LogP contribution in [0, 0.1) is 11.8 Å². The summed E-state index contributed by atoms with van der Waals surface area (Å²) in [5.74, 6) is 0.259. The van der Waals surface area contributed by atoms with E-state index in [-0.39, 0.29) is 11.8 Å². The van der Waals surface area contributed by atoms with E-state index in [4.69, 9.17) is 10.5 Å². The van der Waals surface area contributed by atoms with Gasteiger partial charge in [-0.15, -0.1) is 0 Å². The van der Waals surface area contributed by atoms with Gasteiger partial charge in [-0.3, -0.25) is 4.79 Å². The first kappa shape index (κ1) is 17.7. The van der Waals surface area contributed by atoms with Crippen LogP contribution in [0.25, 0.3) is 0 Å². The summed E-state index contributed by atoms with van der Waals surface area (Å²) < 4.78 is 4.93. The molecule has 19 heavy (non-hydrogen) atoms. The van der Waals surface area contributed by atoms with E-state index in [1.807, 2.05) is 27.7 Å². The number of amides is 2. The zero-order valence-corrected chi connectivity index (χ0v) is 12.4. The molecule has 0 aromatic rings. The molecule has 0 unspecified atom stereocenters. The van der Waals surface area contributed by atoms with Gasteiger partial charge in [-0.05, 0) is 11.8 Å². The van der Waals surface area contributed by atoms with Crippen molar-refractivity contribution in [2.75, 3.05) is 19.7 Å². The van der Waals surface area contributed by atoms with E-state index in [0.29, 0.717) is 25.6 Å².